The molecule has 5 heteroatoms. The van der Waals surface area contributed by atoms with Crippen molar-refractivity contribution in [2.75, 3.05) is 0 Å². The van der Waals surface area contributed by atoms with Crippen LogP contribution < -0.4 is 5.73 Å². The highest BCUT2D eigenvalue weighted by Crippen LogP contribution is 2.47. The lowest BCUT2D eigenvalue weighted by Gasteiger charge is -2.37. The van der Waals surface area contributed by atoms with E-state index in [9.17, 15) is 14.4 Å². The van der Waals surface area contributed by atoms with Gasteiger partial charge in [-0.15, -0.1) is 0 Å². The normalized spacial score (nSPS) is 23.2. The Morgan fingerprint density at radius 3 is 2.61 bits per heavy atom. The summed E-state index contributed by atoms with van der Waals surface area (Å²) in [4.78, 5) is 12.9. The number of nitrogens with two attached hydrogens (primary N) is 1. The van der Waals surface area contributed by atoms with Gasteiger partial charge in [-0.05, 0) is 24.1 Å². The van der Waals surface area contributed by atoms with Crippen molar-refractivity contribution in [3.05, 3.63) is 58.4 Å². The first-order valence-electron chi connectivity index (χ1n) is 7.46. The molecule has 1 atom stereocenters. The highest BCUT2D eigenvalue weighted by molar-refractivity contribution is 6.03. The van der Waals surface area contributed by atoms with Crippen LogP contribution in [0.4, 0.5) is 4.39 Å². The van der Waals surface area contributed by atoms with E-state index < -0.39 is 11.3 Å². The Kier molecular flexibility index (Phi) is 3.48. The summed E-state index contributed by atoms with van der Waals surface area (Å²) in [6.45, 7) is 3.77. The third-order valence-corrected chi connectivity index (χ3v) is 4.54. The van der Waals surface area contributed by atoms with Crippen molar-refractivity contribution in [3.8, 4) is 6.07 Å². The minimum absolute atomic E-state index is 0.0214. The van der Waals surface area contributed by atoms with Crippen LogP contribution in [-0.2, 0) is 9.53 Å². The highest BCUT2D eigenvalue weighted by atomic mass is 19.1. The number of rotatable bonds is 1. The van der Waals surface area contributed by atoms with E-state index in [1.165, 1.54) is 12.1 Å². The molecule has 0 radical (unpaired) electrons. The van der Waals surface area contributed by atoms with Crippen molar-refractivity contribution < 1.29 is 13.9 Å². The molecule has 0 aromatic heterocycles. The number of nitrogens with zero attached hydrogens (tertiary/aromatic N) is 1. The smallest absolute Gasteiger partial charge is 0.205 e. The van der Waals surface area contributed by atoms with Gasteiger partial charge in [-0.1, -0.05) is 26.0 Å². The zero-order chi connectivity index (χ0) is 16.8. The maximum absolute atomic E-state index is 13.2. The van der Waals surface area contributed by atoms with Crippen molar-refractivity contribution in [1.29, 1.82) is 5.26 Å². The summed E-state index contributed by atoms with van der Waals surface area (Å²) in [6.07, 6.45) is 1.25. The van der Waals surface area contributed by atoms with Gasteiger partial charge in [0.1, 0.15) is 23.2 Å². The quantitative estimate of drug-likeness (QED) is 0.863. The van der Waals surface area contributed by atoms with Gasteiger partial charge in [0.25, 0.3) is 0 Å². The standard InChI is InChI=1S/C18H17FN2O2/c1-18(2)8-7-13-15(16(18)22)14(12(9-20)17(21)23-13)10-3-5-11(19)6-4-10/h3-6,14H,7-8,21H2,1-2H3/t14-/m1/s1. The second-order valence-electron chi connectivity index (χ2n) is 6.53. The molecule has 1 aliphatic carbocycles. The van der Waals surface area contributed by atoms with Gasteiger partial charge < -0.3 is 10.5 Å². The van der Waals surface area contributed by atoms with Crippen LogP contribution in [0.15, 0.2) is 47.1 Å². The molecule has 0 amide bonds. The number of hydrogen-bond donors (Lipinski definition) is 1. The summed E-state index contributed by atoms with van der Waals surface area (Å²) in [5.41, 5.74) is 6.69. The van der Waals surface area contributed by atoms with E-state index in [0.29, 0.717) is 29.7 Å². The number of allylic oxidation sites excluding steroid dienone is 3. The average molecular weight is 312 g/mol. The third-order valence-electron chi connectivity index (χ3n) is 4.54. The Morgan fingerprint density at radius 1 is 1.35 bits per heavy atom. The number of nitriles is 1. The van der Waals surface area contributed by atoms with Crippen molar-refractivity contribution in [2.24, 2.45) is 11.1 Å². The van der Waals surface area contributed by atoms with Gasteiger partial charge in [0.15, 0.2) is 5.78 Å². The lowest BCUT2D eigenvalue weighted by Crippen LogP contribution is -2.36. The van der Waals surface area contributed by atoms with Crippen LogP contribution in [0.5, 0.6) is 0 Å². The van der Waals surface area contributed by atoms with E-state index in [1.807, 2.05) is 19.9 Å². The van der Waals surface area contributed by atoms with Gasteiger partial charge in [-0.25, -0.2) is 4.39 Å². The number of halogens is 1. The van der Waals surface area contributed by atoms with Crippen LogP contribution >= 0.6 is 0 Å². The number of ether oxygens (including phenoxy) is 1. The Bertz CT molecular complexity index is 782. The molecule has 1 aromatic carbocycles. The van der Waals surface area contributed by atoms with Crippen molar-refractivity contribution in [1.82, 2.24) is 0 Å². The van der Waals surface area contributed by atoms with Gasteiger partial charge in [0, 0.05) is 17.4 Å². The molecule has 3 rings (SSSR count). The summed E-state index contributed by atoms with van der Waals surface area (Å²) in [7, 11) is 0. The van der Waals surface area contributed by atoms with Gasteiger partial charge in [0.05, 0.1) is 5.92 Å². The summed E-state index contributed by atoms with van der Waals surface area (Å²) < 4.78 is 18.8. The molecule has 0 fully saturated rings. The van der Waals surface area contributed by atoms with Crippen molar-refractivity contribution in [2.45, 2.75) is 32.6 Å². The predicted octanol–water partition coefficient (Wildman–Crippen LogP) is 3.28. The van der Waals surface area contributed by atoms with Crippen LogP contribution in [0.25, 0.3) is 0 Å². The number of hydrogen-bond acceptors (Lipinski definition) is 4. The van der Waals surface area contributed by atoms with Crippen molar-refractivity contribution in [3.63, 3.8) is 0 Å². The minimum Gasteiger partial charge on any atom is -0.444 e. The zero-order valence-electron chi connectivity index (χ0n) is 13.0. The minimum atomic E-state index is -0.601. The van der Waals surface area contributed by atoms with E-state index >= 15 is 0 Å². The molecule has 0 bridgehead atoms. The highest BCUT2D eigenvalue weighted by Gasteiger charge is 2.44. The van der Waals surface area contributed by atoms with E-state index in [0.717, 1.165) is 0 Å². The summed E-state index contributed by atoms with van der Waals surface area (Å²) in [5, 5.41) is 9.48. The van der Waals surface area contributed by atoms with E-state index in [1.54, 1.807) is 12.1 Å². The molecule has 23 heavy (non-hydrogen) atoms. The first-order valence-corrected chi connectivity index (χ1v) is 7.46. The van der Waals surface area contributed by atoms with Crippen molar-refractivity contribution >= 4 is 5.78 Å². The lowest BCUT2D eigenvalue weighted by molar-refractivity contribution is -0.125. The molecule has 0 unspecified atom stereocenters. The van der Waals surface area contributed by atoms with Crippen LogP contribution in [0.2, 0.25) is 0 Å². The van der Waals surface area contributed by atoms with Gasteiger partial charge in [-0.3, -0.25) is 4.79 Å². The lowest BCUT2D eigenvalue weighted by atomic mass is 9.68. The molecule has 2 N–H and O–H groups in total. The monoisotopic (exact) mass is 312 g/mol. The third kappa shape index (κ3) is 2.40. The summed E-state index contributed by atoms with van der Waals surface area (Å²) in [5.74, 6) is -0.473. The first kappa shape index (κ1) is 15.3. The molecule has 1 heterocycles. The zero-order valence-corrected chi connectivity index (χ0v) is 13.0. The molecule has 0 saturated heterocycles. The number of benzene rings is 1. The average Bonchev–Trinajstić information content (AvgIpc) is 2.51. The predicted molar refractivity (Wildman–Crippen MR) is 82.1 cm³/mol. The summed E-state index contributed by atoms with van der Waals surface area (Å²) in [6, 6.07) is 7.83. The van der Waals surface area contributed by atoms with Gasteiger partial charge in [-0.2, -0.15) is 5.26 Å². The van der Waals surface area contributed by atoms with E-state index in [4.69, 9.17) is 10.5 Å². The van der Waals surface area contributed by atoms with Crippen LogP contribution in [0.1, 0.15) is 38.2 Å². The second-order valence-corrected chi connectivity index (χ2v) is 6.53. The number of Topliss-reactive ketones (excluding diaryl/α,β-unsaturated/α-hetero) is 1. The van der Waals surface area contributed by atoms with E-state index in [2.05, 4.69) is 0 Å². The Morgan fingerprint density at radius 2 is 2.00 bits per heavy atom. The fraction of sp³-hybridized carbons (Fsp3) is 0.333. The Hall–Kier alpha value is -2.61. The first-order chi connectivity index (χ1) is 10.8. The molecule has 2 aliphatic rings. The number of carbonyl (C=O) groups excluding carboxylic acids is 1. The maximum atomic E-state index is 13.2. The molecule has 0 spiro atoms. The molecule has 1 aliphatic heterocycles. The second kappa shape index (κ2) is 5.24. The topological polar surface area (TPSA) is 76.1 Å². The van der Waals surface area contributed by atoms with Crippen LogP contribution in [-0.4, -0.2) is 5.78 Å². The molecule has 0 saturated carbocycles. The molecular formula is C18H17FN2O2. The van der Waals surface area contributed by atoms with Gasteiger partial charge >= 0.3 is 0 Å². The number of carbonyl (C=O) groups is 1. The Balaban J connectivity index is 2.19. The van der Waals surface area contributed by atoms with E-state index in [-0.39, 0.29) is 23.1 Å². The van der Waals surface area contributed by atoms with Gasteiger partial charge in [0.2, 0.25) is 5.88 Å². The van der Waals surface area contributed by atoms with Crippen LogP contribution in [0, 0.1) is 22.6 Å². The molecule has 118 valence electrons. The fourth-order valence-electron chi connectivity index (χ4n) is 3.15. The maximum Gasteiger partial charge on any atom is 0.205 e. The Labute approximate surface area is 134 Å². The molecular weight excluding hydrogens is 295 g/mol. The number of ketones is 1. The SMILES string of the molecule is CC1(C)CCC2=C(C1=O)[C@H](c1ccc(F)cc1)C(C#N)=C(N)O2. The molecule has 4 nitrogen and oxygen atoms in total. The largest absolute Gasteiger partial charge is 0.444 e. The summed E-state index contributed by atoms with van der Waals surface area (Å²) >= 11 is 0. The molecule has 1 aromatic rings. The van der Waals surface area contributed by atoms with Crippen LogP contribution in [0.3, 0.4) is 0 Å². The fourth-order valence-corrected chi connectivity index (χ4v) is 3.15.